The lowest BCUT2D eigenvalue weighted by atomic mass is 9.82. The number of fused-ring (bicyclic) bond motifs is 3. The fourth-order valence-corrected chi connectivity index (χ4v) is 7.18. The first-order valence-corrected chi connectivity index (χ1v) is 16.0. The van der Waals surface area contributed by atoms with Crippen molar-refractivity contribution < 1.29 is 0 Å². The van der Waals surface area contributed by atoms with Crippen LogP contribution in [0.15, 0.2) is 176 Å². The van der Waals surface area contributed by atoms with Gasteiger partial charge in [0.1, 0.15) is 0 Å². The molecule has 0 N–H and O–H groups in total. The zero-order chi connectivity index (χ0) is 31.1. The first-order chi connectivity index (χ1) is 22.6. The maximum Gasteiger partial charge on any atom is 0.0540 e. The van der Waals surface area contributed by atoms with Crippen molar-refractivity contribution in [3.8, 4) is 44.5 Å². The fraction of sp³-hybridized carbons (Fsp3) is 0.0667. The number of nitrogens with zero attached hydrogens (tertiary/aromatic N) is 1. The van der Waals surface area contributed by atoms with Gasteiger partial charge in [0.25, 0.3) is 0 Å². The minimum Gasteiger partial charge on any atom is -0.310 e. The van der Waals surface area contributed by atoms with E-state index in [4.69, 9.17) is 0 Å². The Labute approximate surface area is 272 Å². The number of hydrogen-bond acceptors (Lipinski definition) is 1. The van der Waals surface area contributed by atoms with E-state index in [9.17, 15) is 0 Å². The molecule has 0 unspecified atom stereocenters. The summed E-state index contributed by atoms with van der Waals surface area (Å²) in [6, 6.07) is 63.7. The molecule has 7 aromatic carbocycles. The highest BCUT2D eigenvalue weighted by Crippen LogP contribution is 2.51. The summed E-state index contributed by atoms with van der Waals surface area (Å²) in [5, 5.41) is 0. The Bertz CT molecular complexity index is 2160. The number of rotatable bonds is 6. The summed E-state index contributed by atoms with van der Waals surface area (Å²) in [7, 11) is 0. The van der Waals surface area contributed by atoms with Crippen LogP contribution in [0.4, 0.5) is 17.1 Å². The van der Waals surface area contributed by atoms with Crippen molar-refractivity contribution in [2.45, 2.75) is 19.3 Å². The molecule has 0 saturated carbocycles. The molecule has 0 fully saturated rings. The van der Waals surface area contributed by atoms with Crippen LogP contribution in [0.5, 0.6) is 0 Å². The highest BCUT2D eigenvalue weighted by molar-refractivity contribution is 5.91. The second kappa shape index (κ2) is 11.4. The number of hydrogen-bond donors (Lipinski definition) is 0. The van der Waals surface area contributed by atoms with Crippen molar-refractivity contribution >= 4 is 17.1 Å². The molecule has 1 nitrogen and oxygen atoms in total. The summed E-state index contributed by atoms with van der Waals surface area (Å²) in [4.78, 5) is 2.43. The summed E-state index contributed by atoms with van der Waals surface area (Å²) >= 11 is 0. The van der Waals surface area contributed by atoms with Crippen molar-refractivity contribution in [3.63, 3.8) is 0 Å². The van der Waals surface area contributed by atoms with Crippen LogP contribution in [0.2, 0.25) is 0 Å². The minimum absolute atomic E-state index is 0.0858. The zero-order valence-corrected chi connectivity index (χ0v) is 26.2. The van der Waals surface area contributed by atoms with Gasteiger partial charge in [-0.15, -0.1) is 0 Å². The van der Waals surface area contributed by atoms with Crippen molar-refractivity contribution in [3.05, 3.63) is 187 Å². The molecule has 46 heavy (non-hydrogen) atoms. The first kappa shape index (κ1) is 27.9. The lowest BCUT2D eigenvalue weighted by Crippen LogP contribution is -2.16. The molecule has 0 radical (unpaired) electrons. The molecule has 0 saturated heterocycles. The van der Waals surface area contributed by atoms with Crippen molar-refractivity contribution in [1.82, 2.24) is 0 Å². The van der Waals surface area contributed by atoms with E-state index in [2.05, 4.69) is 195 Å². The smallest absolute Gasteiger partial charge is 0.0540 e. The van der Waals surface area contributed by atoms with Gasteiger partial charge in [-0.05, 0) is 80.4 Å². The van der Waals surface area contributed by atoms with Crippen molar-refractivity contribution in [2.24, 2.45) is 0 Å². The standard InChI is InChI=1S/C45H35N/c1-45(2)42-23-13-11-22-40(42)41-30-29-36(31-43(41)45)46(44-24-14-12-21-39(44)33-17-7-4-8-18-33)35-27-25-34(26-28-35)38-20-10-9-19-37(38)32-15-5-3-6-16-32/h3-31H,1-2H3. The normalized spacial score (nSPS) is 12.7. The third-order valence-electron chi connectivity index (χ3n) is 9.50. The molecule has 8 rings (SSSR count). The summed E-state index contributed by atoms with van der Waals surface area (Å²) in [6.07, 6.45) is 0. The Hall–Kier alpha value is -5.66. The summed E-state index contributed by atoms with van der Waals surface area (Å²) in [5.74, 6) is 0. The highest BCUT2D eigenvalue weighted by Gasteiger charge is 2.35. The molecule has 0 atom stereocenters. The van der Waals surface area contributed by atoms with Gasteiger partial charge in [0.05, 0.1) is 5.69 Å². The lowest BCUT2D eigenvalue weighted by molar-refractivity contribution is 0.660. The number of anilines is 3. The third-order valence-corrected chi connectivity index (χ3v) is 9.50. The van der Waals surface area contributed by atoms with Crippen LogP contribution in [-0.4, -0.2) is 0 Å². The second-order valence-corrected chi connectivity index (χ2v) is 12.6. The van der Waals surface area contributed by atoms with E-state index in [1.165, 1.54) is 55.6 Å². The monoisotopic (exact) mass is 589 g/mol. The molecule has 0 heterocycles. The Morgan fingerprint density at radius 3 is 1.46 bits per heavy atom. The van der Waals surface area contributed by atoms with Gasteiger partial charge in [0.2, 0.25) is 0 Å². The van der Waals surface area contributed by atoms with Gasteiger partial charge in [-0.3, -0.25) is 0 Å². The number of para-hydroxylation sites is 1. The first-order valence-electron chi connectivity index (χ1n) is 16.0. The quantitative estimate of drug-likeness (QED) is 0.186. The van der Waals surface area contributed by atoms with E-state index in [0.29, 0.717) is 0 Å². The molecule has 0 aliphatic heterocycles. The van der Waals surface area contributed by atoms with Gasteiger partial charge < -0.3 is 4.90 Å². The maximum absolute atomic E-state index is 2.43. The van der Waals surface area contributed by atoms with E-state index >= 15 is 0 Å². The minimum atomic E-state index is -0.0858. The molecule has 7 aromatic rings. The van der Waals surface area contributed by atoms with Gasteiger partial charge in [-0.1, -0.05) is 159 Å². The van der Waals surface area contributed by atoms with Gasteiger partial charge >= 0.3 is 0 Å². The van der Waals surface area contributed by atoms with E-state index in [1.54, 1.807) is 0 Å². The zero-order valence-electron chi connectivity index (χ0n) is 26.2. The average Bonchev–Trinajstić information content (AvgIpc) is 3.35. The van der Waals surface area contributed by atoms with E-state index in [0.717, 1.165) is 17.1 Å². The second-order valence-electron chi connectivity index (χ2n) is 12.6. The average molecular weight is 590 g/mol. The largest absolute Gasteiger partial charge is 0.310 e. The molecule has 0 spiro atoms. The molecule has 1 aliphatic rings. The molecule has 1 aliphatic carbocycles. The Kier molecular flexibility index (Phi) is 6.88. The van der Waals surface area contributed by atoms with Crippen molar-refractivity contribution in [1.29, 1.82) is 0 Å². The van der Waals surface area contributed by atoms with Crippen LogP contribution < -0.4 is 4.90 Å². The molecule has 220 valence electrons. The van der Waals surface area contributed by atoms with Crippen LogP contribution in [0, 0.1) is 0 Å². The molecule has 0 aromatic heterocycles. The number of benzene rings is 7. The van der Waals surface area contributed by atoms with E-state index in [1.807, 2.05) is 0 Å². The van der Waals surface area contributed by atoms with Gasteiger partial charge in [0.15, 0.2) is 0 Å². The predicted molar refractivity (Wildman–Crippen MR) is 195 cm³/mol. The lowest BCUT2D eigenvalue weighted by Gasteiger charge is -2.30. The topological polar surface area (TPSA) is 3.24 Å². The molecule has 1 heteroatoms. The Morgan fingerprint density at radius 1 is 0.348 bits per heavy atom. The molecular weight excluding hydrogens is 555 g/mol. The molecule has 0 bridgehead atoms. The van der Waals surface area contributed by atoms with E-state index in [-0.39, 0.29) is 5.41 Å². The van der Waals surface area contributed by atoms with E-state index < -0.39 is 0 Å². The van der Waals surface area contributed by atoms with Crippen LogP contribution in [-0.2, 0) is 5.41 Å². The van der Waals surface area contributed by atoms with Gasteiger partial charge in [-0.25, -0.2) is 0 Å². The fourth-order valence-electron chi connectivity index (χ4n) is 7.18. The maximum atomic E-state index is 2.43. The highest BCUT2D eigenvalue weighted by atomic mass is 15.1. The van der Waals surface area contributed by atoms with Crippen LogP contribution >= 0.6 is 0 Å². The van der Waals surface area contributed by atoms with Gasteiger partial charge in [-0.2, -0.15) is 0 Å². The Balaban J connectivity index is 1.29. The molecule has 0 amide bonds. The summed E-state index contributed by atoms with van der Waals surface area (Å²) < 4.78 is 0. The summed E-state index contributed by atoms with van der Waals surface area (Å²) in [5.41, 5.74) is 16.1. The third kappa shape index (κ3) is 4.73. The Morgan fingerprint density at radius 2 is 0.804 bits per heavy atom. The van der Waals surface area contributed by atoms with Crippen LogP contribution in [0.1, 0.15) is 25.0 Å². The van der Waals surface area contributed by atoms with Gasteiger partial charge in [0, 0.05) is 22.4 Å². The SMILES string of the molecule is CC1(C)c2ccccc2-c2ccc(N(c3ccc(-c4ccccc4-c4ccccc4)cc3)c3ccccc3-c3ccccc3)cc21. The van der Waals surface area contributed by atoms with Crippen molar-refractivity contribution in [2.75, 3.05) is 4.90 Å². The van der Waals surface area contributed by atoms with Crippen LogP contribution in [0.25, 0.3) is 44.5 Å². The summed E-state index contributed by atoms with van der Waals surface area (Å²) in [6.45, 7) is 4.70. The molecular formula is C45H35N. The predicted octanol–water partition coefficient (Wildman–Crippen LogP) is 12.5. The van der Waals surface area contributed by atoms with Crippen LogP contribution in [0.3, 0.4) is 0 Å².